The van der Waals surface area contributed by atoms with Gasteiger partial charge >= 0.3 is 0 Å². The van der Waals surface area contributed by atoms with Gasteiger partial charge in [-0.25, -0.2) is 5.90 Å². The van der Waals surface area contributed by atoms with E-state index in [0.29, 0.717) is 0 Å². The predicted molar refractivity (Wildman–Crippen MR) is 74.3 cm³/mol. The molecular weight excluding hydrogens is 242 g/mol. The number of amides is 1. The van der Waals surface area contributed by atoms with Crippen LogP contribution in [0.4, 0.5) is 0 Å². The second kappa shape index (κ2) is 7.82. The minimum Gasteiger partial charge on any atom is -0.359 e. The van der Waals surface area contributed by atoms with Crippen LogP contribution in [0.15, 0.2) is 0 Å². The van der Waals surface area contributed by atoms with Crippen LogP contribution in [-0.2, 0) is 9.63 Å². The van der Waals surface area contributed by atoms with E-state index in [0.717, 1.165) is 44.2 Å². The molecule has 0 aromatic rings. The Labute approximate surface area is 115 Å². The molecule has 5 heteroatoms. The summed E-state index contributed by atoms with van der Waals surface area (Å²) in [5.41, 5.74) is 0. The molecule has 19 heavy (non-hydrogen) atoms. The van der Waals surface area contributed by atoms with Crippen molar-refractivity contribution in [2.24, 2.45) is 11.8 Å². The molecule has 0 aromatic heterocycles. The Balaban J connectivity index is 1.64. The van der Waals surface area contributed by atoms with Gasteiger partial charge in [-0.15, -0.1) is 0 Å². The van der Waals surface area contributed by atoms with Gasteiger partial charge < -0.3 is 15.1 Å². The second-order valence-corrected chi connectivity index (χ2v) is 5.91. The molecular formula is C14H27N3O2. The summed E-state index contributed by atoms with van der Waals surface area (Å²) in [4.78, 5) is 17.8. The van der Waals surface area contributed by atoms with Crippen LogP contribution in [0.3, 0.4) is 0 Å². The van der Waals surface area contributed by atoms with Crippen LogP contribution in [0.5, 0.6) is 0 Å². The molecule has 0 aromatic carbocycles. The van der Waals surface area contributed by atoms with Gasteiger partial charge in [0.1, 0.15) is 0 Å². The summed E-state index contributed by atoms with van der Waals surface area (Å²) in [6.45, 7) is 3.25. The van der Waals surface area contributed by atoms with Crippen LogP contribution < -0.4 is 11.2 Å². The molecule has 2 rings (SSSR count). The largest absolute Gasteiger partial charge is 0.359 e. The van der Waals surface area contributed by atoms with Crippen molar-refractivity contribution in [3.63, 3.8) is 0 Å². The smallest absolute Gasteiger partial charge is 0.207 e. The topological polar surface area (TPSA) is 67.6 Å². The lowest BCUT2D eigenvalue weighted by molar-refractivity contribution is -0.109. The van der Waals surface area contributed by atoms with Crippen molar-refractivity contribution in [2.45, 2.75) is 57.1 Å². The van der Waals surface area contributed by atoms with E-state index in [2.05, 4.69) is 10.2 Å². The fourth-order valence-electron chi connectivity index (χ4n) is 3.50. The van der Waals surface area contributed by atoms with E-state index in [4.69, 9.17) is 10.7 Å². The van der Waals surface area contributed by atoms with Crippen molar-refractivity contribution in [1.29, 1.82) is 0 Å². The molecule has 0 atom stereocenters. The number of carbonyl (C=O) groups is 1. The summed E-state index contributed by atoms with van der Waals surface area (Å²) in [5, 5.41) is 2.76. The van der Waals surface area contributed by atoms with Crippen LogP contribution >= 0.6 is 0 Å². The first-order valence-electron chi connectivity index (χ1n) is 7.60. The molecule has 5 nitrogen and oxygen atoms in total. The third-order valence-electron chi connectivity index (χ3n) is 4.78. The van der Waals surface area contributed by atoms with Gasteiger partial charge in [-0.2, -0.15) is 0 Å². The summed E-state index contributed by atoms with van der Waals surface area (Å²) < 4.78 is 0. The van der Waals surface area contributed by atoms with E-state index in [1.165, 1.54) is 38.8 Å². The van der Waals surface area contributed by atoms with Crippen LogP contribution in [0.2, 0.25) is 0 Å². The van der Waals surface area contributed by atoms with Gasteiger partial charge in [-0.05, 0) is 64.0 Å². The van der Waals surface area contributed by atoms with Gasteiger partial charge in [0.2, 0.25) is 6.41 Å². The Bertz CT molecular complexity index is 259. The quantitative estimate of drug-likeness (QED) is 0.429. The number of hydrogen-bond donors (Lipinski definition) is 2. The van der Waals surface area contributed by atoms with Crippen LogP contribution in [0, 0.1) is 5.92 Å². The molecule has 1 amide bonds. The Morgan fingerprint density at radius 1 is 1.16 bits per heavy atom. The molecule has 2 fully saturated rings. The maximum atomic E-state index is 10.2. The zero-order valence-electron chi connectivity index (χ0n) is 11.7. The number of carbonyl (C=O) groups excluding carboxylic acids is 1. The van der Waals surface area contributed by atoms with E-state index in [1.54, 1.807) is 0 Å². The minimum atomic E-state index is 0.281. The molecule has 1 heterocycles. The van der Waals surface area contributed by atoms with Crippen molar-refractivity contribution >= 4 is 6.41 Å². The average molecular weight is 269 g/mol. The monoisotopic (exact) mass is 269 g/mol. The van der Waals surface area contributed by atoms with Crippen molar-refractivity contribution in [3.05, 3.63) is 0 Å². The first kappa shape index (κ1) is 14.8. The molecule has 0 radical (unpaired) electrons. The molecule has 0 unspecified atom stereocenters. The summed E-state index contributed by atoms with van der Waals surface area (Å²) >= 11 is 0. The van der Waals surface area contributed by atoms with Gasteiger partial charge in [-0.3, -0.25) is 4.79 Å². The highest BCUT2D eigenvalue weighted by molar-refractivity contribution is 5.45. The van der Waals surface area contributed by atoms with E-state index in [9.17, 15) is 4.79 Å². The lowest BCUT2D eigenvalue weighted by Gasteiger charge is -2.40. The number of piperidine rings is 1. The molecule has 1 saturated heterocycles. The molecule has 0 bridgehead atoms. The maximum Gasteiger partial charge on any atom is 0.207 e. The third kappa shape index (κ3) is 4.44. The summed E-state index contributed by atoms with van der Waals surface area (Å²) in [6, 6.07) is 0.737. The first-order chi connectivity index (χ1) is 9.33. The van der Waals surface area contributed by atoms with Crippen molar-refractivity contribution in [2.75, 3.05) is 19.6 Å². The molecule has 110 valence electrons. The molecule has 1 aliphatic heterocycles. The van der Waals surface area contributed by atoms with E-state index in [-0.39, 0.29) is 6.10 Å². The van der Waals surface area contributed by atoms with Crippen molar-refractivity contribution in [1.82, 2.24) is 10.2 Å². The van der Waals surface area contributed by atoms with E-state index < -0.39 is 0 Å². The molecule has 2 aliphatic rings. The number of rotatable bonds is 6. The lowest BCUT2D eigenvalue weighted by atomic mass is 9.88. The zero-order chi connectivity index (χ0) is 13.5. The first-order valence-corrected chi connectivity index (χ1v) is 7.60. The van der Waals surface area contributed by atoms with Gasteiger partial charge in [0.15, 0.2) is 0 Å². The van der Waals surface area contributed by atoms with Gasteiger partial charge in [-0.1, -0.05) is 0 Å². The second-order valence-electron chi connectivity index (χ2n) is 5.91. The predicted octanol–water partition coefficient (Wildman–Crippen LogP) is 1.04. The number of nitrogens with zero attached hydrogens (tertiary/aromatic N) is 1. The van der Waals surface area contributed by atoms with Crippen molar-refractivity contribution < 1.29 is 9.63 Å². The standard InChI is InChI=1S/C14H27N3O2/c15-19-14-3-1-13(2-4-14)17-9-6-12(7-10-17)5-8-16-11-18/h11-14H,1-10,15H2,(H,16,18). The minimum absolute atomic E-state index is 0.281. The van der Waals surface area contributed by atoms with Crippen molar-refractivity contribution in [3.8, 4) is 0 Å². The SMILES string of the molecule is NOC1CCC(N2CCC(CCNC=O)CC2)CC1. The Morgan fingerprint density at radius 3 is 2.42 bits per heavy atom. The molecule has 1 saturated carbocycles. The van der Waals surface area contributed by atoms with Gasteiger partial charge in [0.05, 0.1) is 6.10 Å². The molecule has 0 spiro atoms. The van der Waals surface area contributed by atoms with Crippen LogP contribution in [0.1, 0.15) is 44.9 Å². The Hall–Kier alpha value is -0.650. The van der Waals surface area contributed by atoms with Gasteiger partial charge in [0, 0.05) is 12.6 Å². The summed E-state index contributed by atoms with van der Waals surface area (Å²) in [5.74, 6) is 6.04. The molecule has 1 aliphatic carbocycles. The summed E-state index contributed by atoms with van der Waals surface area (Å²) in [6.07, 6.45) is 9.39. The van der Waals surface area contributed by atoms with Crippen LogP contribution in [0.25, 0.3) is 0 Å². The van der Waals surface area contributed by atoms with Crippen LogP contribution in [-0.4, -0.2) is 43.1 Å². The normalized spacial score (nSPS) is 30.2. The number of likely N-dealkylation sites (tertiary alicyclic amines) is 1. The number of hydrogen-bond acceptors (Lipinski definition) is 4. The third-order valence-corrected chi connectivity index (χ3v) is 4.78. The fraction of sp³-hybridized carbons (Fsp3) is 0.929. The van der Waals surface area contributed by atoms with E-state index >= 15 is 0 Å². The average Bonchev–Trinajstić information content (AvgIpc) is 2.48. The Kier molecular flexibility index (Phi) is 6.07. The Morgan fingerprint density at radius 2 is 1.84 bits per heavy atom. The molecule has 3 N–H and O–H groups in total. The van der Waals surface area contributed by atoms with Gasteiger partial charge in [0.25, 0.3) is 0 Å². The highest BCUT2D eigenvalue weighted by Gasteiger charge is 2.28. The fourth-order valence-corrected chi connectivity index (χ4v) is 3.50. The summed E-state index contributed by atoms with van der Waals surface area (Å²) in [7, 11) is 0. The maximum absolute atomic E-state index is 10.2. The number of nitrogens with two attached hydrogens (primary N) is 1. The zero-order valence-corrected chi connectivity index (χ0v) is 11.7. The van der Waals surface area contributed by atoms with E-state index in [1.807, 2.05) is 0 Å². The highest BCUT2D eigenvalue weighted by Crippen LogP contribution is 2.28. The lowest BCUT2D eigenvalue weighted by Crippen LogP contribution is -2.44. The number of nitrogens with one attached hydrogen (secondary N) is 1. The highest BCUT2D eigenvalue weighted by atomic mass is 16.6.